The Kier molecular flexibility index (Phi) is 7.87. The highest BCUT2D eigenvalue weighted by atomic mass is 16.4. The fourth-order valence-corrected chi connectivity index (χ4v) is 5.29. The summed E-state index contributed by atoms with van der Waals surface area (Å²) in [7, 11) is 0. The molecule has 6 N–H and O–H groups in total. The number of rotatable bonds is 10. The van der Waals surface area contributed by atoms with Crippen LogP contribution in [0.4, 0.5) is 0 Å². The number of fused-ring (bicyclic) bond motifs is 1. The monoisotopic (exact) mass is 491 g/mol. The number of benzene rings is 2. The lowest BCUT2D eigenvalue weighted by Gasteiger charge is -2.25. The molecule has 1 fully saturated rings. The number of aliphatic imine (C=N–C) groups is 1. The van der Waals surface area contributed by atoms with E-state index >= 15 is 0 Å². The van der Waals surface area contributed by atoms with Crippen LogP contribution in [0.5, 0.6) is 0 Å². The molecule has 2 aromatic rings. The van der Waals surface area contributed by atoms with Gasteiger partial charge in [-0.2, -0.15) is 0 Å². The number of nitrogens with one attached hydrogen (secondary N) is 1. The SMILES string of the molecule is NC(N)=NC1Cc2ccc(C(=O)NC[C@@H]3C[C@@H](CC(=O)O)C(=O)N3CCCc3ccccc3)cc2C1. The minimum absolute atomic E-state index is 0.0107. The molecule has 4 rings (SSSR count). The normalized spacial score (nSPS) is 20.7. The molecule has 36 heavy (non-hydrogen) atoms. The number of likely N-dealkylation sites (tertiary alicyclic amines) is 1. The summed E-state index contributed by atoms with van der Waals surface area (Å²) in [5, 5.41) is 12.2. The first-order valence-electron chi connectivity index (χ1n) is 12.3. The number of carbonyl (C=O) groups is 3. The standard InChI is InChI=1S/C27H33N5O4/c28-27(29)31-22-12-18-8-9-19(11-20(18)13-22)25(35)30-16-23-14-21(15-24(33)34)26(36)32(23)10-4-7-17-5-2-1-3-6-17/h1-3,5-6,8-9,11,21-23H,4,7,10,12-16H2,(H,30,35)(H,33,34)(H4,28,29,31)/t21-,22?,23-/m0/s1. The first-order valence-corrected chi connectivity index (χ1v) is 12.3. The summed E-state index contributed by atoms with van der Waals surface area (Å²) < 4.78 is 0. The van der Waals surface area contributed by atoms with Crippen molar-refractivity contribution in [3.8, 4) is 0 Å². The molecule has 0 aromatic heterocycles. The molecule has 3 atom stereocenters. The molecule has 1 aliphatic heterocycles. The third-order valence-corrected chi connectivity index (χ3v) is 6.97. The molecule has 2 amide bonds. The van der Waals surface area contributed by atoms with Gasteiger partial charge in [0.15, 0.2) is 5.96 Å². The van der Waals surface area contributed by atoms with E-state index in [4.69, 9.17) is 11.5 Å². The fourth-order valence-electron chi connectivity index (χ4n) is 5.29. The Morgan fingerprint density at radius 1 is 1.08 bits per heavy atom. The van der Waals surface area contributed by atoms with Crippen molar-refractivity contribution in [2.24, 2.45) is 22.4 Å². The van der Waals surface area contributed by atoms with Crippen molar-refractivity contribution in [2.45, 2.75) is 50.6 Å². The number of hydrogen-bond acceptors (Lipinski definition) is 4. The molecule has 2 aromatic carbocycles. The quantitative estimate of drug-likeness (QED) is 0.292. The summed E-state index contributed by atoms with van der Waals surface area (Å²) in [6, 6.07) is 15.4. The summed E-state index contributed by atoms with van der Waals surface area (Å²) in [6.45, 7) is 0.801. The molecule has 0 radical (unpaired) electrons. The lowest BCUT2D eigenvalue weighted by Crippen LogP contribution is -2.42. The smallest absolute Gasteiger partial charge is 0.304 e. The average molecular weight is 492 g/mol. The Labute approximate surface area is 210 Å². The molecule has 9 heteroatoms. The molecule has 1 heterocycles. The highest BCUT2D eigenvalue weighted by molar-refractivity contribution is 5.94. The largest absolute Gasteiger partial charge is 0.481 e. The van der Waals surface area contributed by atoms with Crippen molar-refractivity contribution in [1.29, 1.82) is 0 Å². The fraction of sp³-hybridized carbons (Fsp3) is 0.407. The summed E-state index contributed by atoms with van der Waals surface area (Å²) >= 11 is 0. The zero-order chi connectivity index (χ0) is 25.7. The number of hydrogen-bond donors (Lipinski definition) is 4. The van der Waals surface area contributed by atoms with Gasteiger partial charge in [-0.05, 0) is 60.9 Å². The van der Waals surface area contributed by atoms with Gasteiger partial charge in [-0.3, -0.25) is 14.4 Å². The molecule has 0 spiro atoms. The Morgan fingerprint density at radius 3 is 2.56 bits per heavy atom. The third-order valence-electron chi connectivity index (χ3n) is 6.97. The van der Waals surface area contributed by atoms with E-state index in [2.05, 4.69) is 10.3 Å². The van der Waals surface area contributed by atoms with Crippen LogP contribution < -0.4 is 16.8 Å². The van der Waals surface area contributed by atoms with Gasteiger partial charge in [0.25, 0.3) is 5.91 Å². The lowest BCUT2D eigenvalue weighted by molar-refractivity contribution is -0.142. The number of carboxylic acid groups (broad SMARTS) is 1. The van der Waals surface area contributed by atoms with Crippen LogP contribution in [0.3, 0.4) is 0 Å². The maximum absolute atomic E-state index is 13.0. The molecular formula is C27H33N5O4. The Bertz CT molecular complexity index is 1150. The number of aryl methyl sites for hydroxylation is 1. The Balaban J connectivity index is 1.37. The molecule has 0 bridgehead atoms. The number of nitrogens with two attached hydrogens (primary N) is 2. The predicted octanol–water partition coefficient (Wildman–Crippen LogP) is 1.48. The van der Waals surface area contributed by atoms with E-state index in [1.807, 2.05) is 42.5 Å². The molecular weight excluding hydrogens is 458 g/mol. The molecule has 9 nitrogen and oxygen atoms in total. The molecule has 1 saturated heterocycles. The topological polar surface area (TPSA) is 151 Å². The van der Waals surface area contributed by atoms with Crippen LogP contribution in [0.15, 0.2) is 53.5 Å². The van der Waals surface area contributed by atoms with Crippen molar-refractivity contribution in [3.63, 3.8) is 0 Å². The van der Waals surface area contributed by atoms with Gasteiger partial charge < -0.3 is 26.8 Å². The van der Waals surface area contributed by atoms with Crippen LogP contribution in [-0.2, 0) is 28.9 Å². The van der Waals surface area contributed by atoms with E-state index in [1.54, 1.807) is 11.0 Å². The maximum atomic E-state index is 13.0. The number of guanidine groups is 1. The van der Waals surface area contributed by atoms with Crippen molar-refractivity contribution in [1.82, 2.24) is 10.2 Å². The zero-order valence-corrected chi connectivity index (χ0v) is 20.2. The molecule has 1 unspecified atom stereocenters. The number of aliphatic carboxylic acids is 1. The van der Waals surface area contributed by atoms with Gasteiger partial charge in [0.05, 0.1) is 18.4 Å². The highest BCUT2D eigenvalue weighted by Gasteiger charge is 2.40. The van der Waals surface area contributed by atoms with E-state index in [-0.39, 0.29) is 42.8 Å². The van der Waals surface area contributed by atoms with Gasteiger partial charge >= 0.3 is 5.97 Å². The van der Waals surface area contributed by atoms with Gasteiger partial charge in [0.2, 0.25) is 5.91 Å². The first-order chi connectivity index (χ1) is 17.3. The van der Waals surface area contributed by atoms with E-state index < -0.39 is 11.9 Å². The van der Waals surface area contributed by atoms with E-state index in [9.17, 15) is 19.5 Å². The van der Waals surface area contributed by atoms with Crippen LogP contribution in [0.25, 0.3) is 0 Å². The average Bonchev–Trinajstić information content (AvgIpc) is 3.37. The van der Waals surface area contributed by atoms with Crippen LogP contribution in [0, 0.1) is 5.92 Å². The molecule has 2 aliphatic rings. The lowest BCUT2D eigenvalue weighted by atomic mass is 10.0. The van der Waals surface area contributed by atoms with Crippen molar-refractivity contribution < 1.29 is 19.5 Å². The van der Waals surface area contributed by atoms with Crippen LogP contribution in [-0.4, -0.2) is 58.9 Å². The predicted molar refractivity (Wildman–Crippen MR) is 136 cm³/mol. The van der Waals surface area contributed by atoms with Crippen LogP contribution >= 0.6 is 0 Å². The summed E-state index contributed by atoms with van der Waals surface area (Å²) in [6.07, 6.45) is 3.23. The Hall–Kier alpha value is -3.88. The van der Waals surface area contributed by atoms with Crippen molar-refractivity contribution in [3.05, 3.63) is 70.8 Å². The molecule has 190 valence electrons. The second kappa shape index (κ2) is 11.2. The molecule has 1 aliphatic carbocycles. The van der Waals surface area contributed by atoms with Gasteiger partial charge in [-0.25, -0.2) is 4.99 Å². The summed E-state index contributed by atoms with van der Waals surface area (Å²) in [5.74, 6) is -1.85. The minimum atomic E-state index is -0.987. The number of nitrogens with zero attached hydrogens (tertiary/aromatic N) is 2. The highest BCUT2D eigenvalue weighted by Crippen LogP contribution is 2.28. The van der Waals surface area contributed by atoms with E-state index in [0.717, 1.165) is 30.4 Å². The van der Waals surface area contributed by atoms with Crippen LogP contribution in [0.2, 0.25) is 0 Å². The second-order valence-corrected chi connectivity index (χ2v) is 9.61. The first kappa shape index (κ1) is 25.2. The van der Waals surface area contributed by atoms with Gasteiger partial charge in [-0.1, -0.05) is 36.4 Å². The van der Waals surface area contributed by atoms with Gasteiger partial charge in [0.1, 0.15) is 0 Å². The van der Waals surface area contributed by atoms with Crippen molar-refractivity contribution >= 4 is 23.7 Å². The zero-order valence-electron chi connectivity index (χ0n) is 20.2. The summed E-state index contributed by atoms with van der Waals surface area (Å²) in [4.78, 5) is 43.2. The van der Waals surface area contributed by atoms with E-state index in [1.165, 1.54) is 5.56 Å². The minimum Gasteiger partial charge on any atom is -0.481 e. The summed E-state index contributed by atoms with van der Waals surface area (Å²) in [5.41, 5.74) is 14.9. The van der Waals surface area contributed by atoms with Crippen LogP contribution in [0.1, 0.15) is 46.3 Å². The number of amides is 2. The molecule has 0 saturated carbocycles. The maximum Gasteiger partial charge on any atom is 0.304 e. The number of carbonyl (C=O) groups excluding carboxylic acids is 2. The third kappa shape index (κ3) is 6.21. The second-order valence-electron chi connectivity index (χ2n) is 9.61. The van der Waals surface area contributed by atoms with Gasteiger partial charge in [0, 0.05) is 24.7 Å². The van der Waals surface area contributed by atoms with Gasteiger partial charge in [-0.15, -0.1) is 0 Å². The van der Waals surface area contributed by atoms with E-state index in [0.29, 0.717) is 24.9 Å². The Morgan fingerprint density at radius 2 is 1.83 bits per heavy atom. The van der Waals surface area contributed by atoms with Crippen molar-refractivity contribution in [2.75, 3.05) is 13.1 Å². The number of carboxylic acids is 1.